The van der Waals surface area contributed by atoms with Gasteiger partial charge in [0.1, 0.15) is 13.2 Å². The molecule has 1 N–H and O–H groups in total. The normalized spacial score (nSPS) is 13.4. The van der Waals surface area contributed by atoms with E-state index in [2.05, 4.69) is 135 Å². The average molecular weight is 1210 g/mol. The summed E-state index contributed by atoms with van der Waals surface area (Å²) >= 11 is 0. The molecule has 0 saturated carbocycles. The van der Waals surface area contributed by atoms with E-state index in [-0.39, 0.29) is 32.2 Å². The van der Waals surface area contributed by atoms with E-state index in [1.54, 1.807) is 0 Å². The minimum absolute atomic E-state index is 0.180. The largest absolute Gasteiger partial charge is 0.477 e. The molecule has 0 aromatic rings. The molecule has 0 spiro atoms. The molecule has 0 rings (SSSR count). The minimum atomic E-state index is -1.52. The molecule has 0 aromatic carbocycles. The quantitative estimate of drug-likeness (QED) is 0.0211. The molecule has 0 aliphatic rings. The number of carboxylic acid groups (broad SMARTS) is 1. The number of hydrogen-bond donors (Lipinski definition) is 1. The maximum Gasteiger partial charge on any atom is 0.361 e. The lowest BCUT2D eigenvalue weighted by atomic mass is 10.0. The molecule has 2 atom stereocenters. The average Bonchev–Trinajstić information content (AvgIpc) is 3.57. The highest BCUT2D eigenvalue weighted by molar-refractivity contribution is 5.71. The summed E-state index contributed by atoms with van der Waals surface area (Å²) in [5.41, 5.74) is 0. The van der Waals surface area contributed by atoms with Crippen molar-refractivity contribution in [2.45, 2.75) is 309 Å². The van der Waals surface area contributed by atoms with Crippen LogP contribution in [0.15, 0.2) is 122 Å². The Kier molecular flexibility index (Phi) is 64.3. The summed E-state index contributed by atoms with van der Waals surface area (Å²) in [6.07, 6.45) is 93.1. The fraction of sp³-hybridized carbons (Fsp3) is 0.705. The molecule has 0 fully saturated rings. The van der Waals surface area contributed by atoms with E-state index in [1.165, 1.54) is 161 Å². The number of aliphatic carboxylic acids is 1. The first kappa shape index (κ1) is 82.7. The van der Waals surface area contributed by atoms with Crippen molar-refractivity contribution in [1.82, 2.24) is 0 Å². The SMILES string of the molecule is CC/C=C\C/C=C\C/C=C\C/C=C\C/C=C\C/C=C\C/C=C\CCCCCCCCCC(=O)OC(COC(=O)CCCCCCCCCCCCCCCCCCCC/C=C\C/C=C\C/C=C\CCCCCCC)COC(OCC[N+](C)(C)C)C(=O)O. The van der Waals surface area contributed by atoms with Gasteiger partial charge in [0.15, 0.2) is 6.10 Å². The monoisotopic (exact) mass is 1210 g/mol. The fourth-order valence-corrected chi connectivity index (χ4v) is 9.77. The Morgan fingerprint density at radius 1 is 0.356 bits per heavy atom. The van der Waals surface area contributed by atoms with Crippen LogP contribution in [0.4, 0.5) is 0 Å². The van der Waals surface area contributed by atoms with Crippen molar-refractivity contribution in [1.29, 1.82) is 0 Å². The molecule has 0 bridgehead atoms. The number of likely N-dealkylation sites (N-methyl/N-ethyl adjacent to an activating group) is 1. The summed E-state index contributed by atoms with van der Waals surface area (Å²) in [5, 5.41) is 9.75. The highest BCUT2D eigenvalue weighted by atomic mass is 16.7. The molecule has 498 valence electrons. The number of carboxylic acids is 1. The molecule has 0 amide bonds. The number of allylic oxidation sites excluding steroid dienone is 20. The summed E-state index contributed by atoms with van der Waals surface area (Å²) in [5.74, 6) is -2.02. The van der Waals surface area contributed by atoms with Crippen molar-refractivity contribution >= 4 is 17.9 Å². The van der Waals surface area contributed by atoms with Crippen LogP contribution in [0.25, 0.3) is 0 Å². The molecule has 87 heavy (non-hydrogen) atoms. The molecule has 0 aliphatic heterocycles. The molecule has 9 nitrogen and oxygen atoms in total. The molecule has 0 aromatic heterocycles. The summed E-state index contributed by atoms with van der Waals surface area (Å²) in [6.45, 7) is 4.75. The summed E-state index contributed by atoms with van der Waals surface area (Å²) in [6, 6.07) is 0. The number of carbonyl (C=O) groups excluding carboxylic acids is 2. The minimum Gasteiger partial charge on any atom is -0.477 e. The van der Waals surface area contributed by atoms with E-state index < -0.39 is 24.3 Å². The smallest absolute Gasteiger partial charge is 0.361 e. The van der Waals surface area contributed by atoms with Crippen LogP contribution in [0.1, 0.15) is 296 Å². The lowest BCUT2D eigenvalue weighted by Crippen LogP contribution is -2.40. The molecule has 0 aliphatic carbocycles. The van der Waals surface area contributed by atoms with Crippen molar-refractivity contribution in [3.8, 4) is 0 Å². The molecule has 0 heterocycles. The van der Waals surface area contributed by atoms with E-state index >= 15 is 0 Å². The number of quaternary nitrogens is 1. The maximum atomic E-state index is 12.9. The van der Waals surface area contributed by atoms with Crippen molar-refractivity contribution in [2.24, 2.45) is 0 Å². The first-order valence-electron chi connectivity index (χ1n) is 35.7. The van der Waals surface area contributed by atoms with Gasteiger partial charge in [-0.05, 0) is 109 Å². The van der Waals surface area contributed by atoms with Gasteiger partial charge in [0.2, 0.25) is 0 Å². The van der Waals surface area contributed by atoms with Crippen molar-refractivity contribution in [3.63, 3.8) is 0 Å². The van der Waals surface area contributed by atoms with Crippen molar-refractivity contribution in [2.75, 3.05) is 47.5 Å². The molecule has 0 saturated heterocycles. The summed E-state index contributed by atoms with van der Waals surface area (Å²) < 4.78 is 23.0. The van der Waals surface area contributed by atoms with E-state index in [9.17, 15) is 19.5 Å². The number of nitrogens with zero attached hydrogens (tertiary/aromatic N) is 1. The zero-order valence-corrected chi connectivity index (χ0v) is 56.9. The first-order chi connectivity index (χ1) is 42.6. The Balaban J connectivity index is 4.14. The molecular weight excluding hydrogens is 1080 g/mol. The lowest BCUT2D eigenvalue weighted by molar-refractivity contribution is -0.870. The van der Waals surface area contributed by atoms with Crippen LogP contribution in [0.3, 0.4) is 0 Å². The number of ether oxygens (including phenoxy) is 4. The van der Waals surface area contributed by atoms with Crippen LogP contribution in [-0.2, 0) is 33.3 Å². The van der Waals surface area contributed by atoms with Gasteiger partial charge < -0.3 is 28.5 Å². The van der Waals surface area contributed by atoms with Gasteiger partial charge in [-0.1, -0.05) is 296 Å². The Bertz CT molecular complexity index is 1840. The highest BCUT2D eigenvalue weighted by Gasteiger charge is 2.25. The Hall–Kier alpha value is -4.31. The molecular formula is C78H134NO8+. The Labute approximate surface area is 536 Å². The van der Waals surface area contributed by atoms with Crippen LogP contribution < -0.4 is 0 Å². The fourth-order valence-electron chi connectivity index (χ4n) is 9.77. The number of hydrogen-bond acceptors (Lipinski definition) is 7. The van der Waals surface area contributed by atoms with Crippen LogP contribution in [0.5, 0.6) is 0 Å². The molecule has 2 unspecified atom stereocenters. The van der Waals surface area contributed by atoms with E-state index in [0.29, 0.717) is 23.9 Å². The first-order valence-corrected chi connectivity index (χ1v) is 35.7. The van der Waals surface area contributed by atoms with Crippen LogP contribution in [0, 0.1) is 0 Å². The Morgan fingerprint density at radius 3 is 0.977 bits per heavy atom. The predicted octanol–water partition coefficient (Wildman–Crippen LogP) is 22.4. The number of unbranched alkanes of at least 4 members (excludes halogenated alkanes) is 30. The molecule has 0 radical (unpaired) electrons. The third-order valence-corrected chi connectivity index (χ3v) is 15.2. The second kappa shape index (κ2) is 67.6. The van der Waals surface area contributed by atoms with E-state index in [1.807, 2.05) is 21.1 Å². The van der Waals surface area contributed by atoms with Gasteiger partial charge in [0, 0.05) is 12.8 Å². The standard InChI is InChI=1S/C78H133NO8/c1-6-8-10-12-14-16-18-20-22-24-26-28-30-32-34-36-37-38-39-41-42-44-46-48-50-52-54-56-58-60-62-64-66-68-75(80)85-72-74(73-86-78(77(82)83)84-71-70-79(3,4)5)87-76(81)69-67-65-63-61-59-57-55-53-51-49-47-45-43-40-35-33-31-29-27-25-23-21-19-17-15-13-11-9-7-2/h9,11,15,17-18,20-21,23-24,26-27,29-30,32-33,35,43,45,49,51,74,78H,6-8,10,12-14,16,19,22,25,28,31,34,36-42,44,46-48,50,52-73H2,1-5H3/p+1/b11-9-,17-15-,20-18-,23-21-,26-24-,29-27-,32-30-,35-33-,45-43-,51-49-. The van der Waals surface area contributed by atoms with Gasteiger partial charge in [-0.25, -0.2) is 4.79 Å². The van der Waals surface area contributed by atoms with E-state index in [4.69, 9.17) is 18.9 Å². The Morgan fingerprint density at radius 2 is 0.655 bits per heavy atom. The molecule has 9 heteroatoms. The lowest BCUT2D eigenvalue weighted by Gasteiger charge is -2.25. The van der Waals surface area contributed by atoms with Gasteiger partial charge in [-0.3, -0.25) is 9.59 Å². The van der Waals surface area contributed by atoms with Crippen molar-refractivity contribution < 1.29 is 42.9 Å². The van der Waals surface area contributed by atoms with Crippen LogP contribution in [0.2, 0.25) is 0 Å². The maximum absolute atomic E-state index is 12.9. The zero-order chi connectivity index (χ0) is 63.3. The number of rotatable bonds is 65. The number of carbonyl (C=O) groups is 3. The van der Waals surface area contributed by atoms with Crippen LogP contribution >= 0.6 is 0 Å². The zero-order valence-electron chi connectivity index (χ0n) is 56.9. The predicted molar refractivity (Wildman–Crippen MR) is 373 cm³/mol. The van der Waals surface area contributed by atoms with Gasteiger partial charge >= 0.3 is 17.9 Å². The number of esters is 2. The van der Waals surface area contributed by atoms with Gasteiger partial charge in [0.25, 0.3) is 6.29 Å². The second-order valence-electron chi connectivity index (χ2n) is 24.8. The van der Waals surface area contributed by atoms with Gasteiger partial charge in [-0.15, -0.1) is 0 Å². The third-order valence-electron chi connectivity index (χ3n) is 15.2. The topological polar surface area (TPSA) is 108 Å². The van der Waals surface area contributed by atoms with Gasteiger partial charge in [0.05, 0.1) is 34.4 Å². The second-order valence-corrected chi connectivity index (χ2v) is 24.8. The van der Waals surface area contributed by atoms with Crippen LogP contribution in [-0.4, -0.2) is 87.4 Å². The van der Waals surface area contributed by atoms with Gasteiger partial charge in [-0.2, -0.15) is 0 Å². The van der Waals surface area contributed by atoms with Crippen molar-refractivity contribution in [3.05, 3.63) is 122 Å². The highest BCUT2D eigenvalue weighted by Crippen LogP contribution is 2.17. The summed E-state index contributed by atoms with van der Waals surface area (Å²) in [7, 11) is 5.97. The van der Waals surface area contributed by atoms with E-state index in [0.717, 1.165) is 103 Å². The summed E-state index contributed by atoms with van der Waals surface area (Å²) in [4.78, 5) is 37.6. The third kappa shape index (κ3) is 69.0.